The van der Waals surface area contributed by atoms with Crippen LogP contribution in [-0.4, -0.2) is 18.1 Å². The number of aromatic nitrogens is 1. The molecule has 1 N–H and O–H groups in total. The van der Waals surface area contributed by atoms with Gasteiger partial charge < -0.3 is 10.1 Å². The lowest BCUT2D eigenvalue weighted by Gasteiger charge is -2.38. The predicted octanol–water partition coefficient (Wildman–Crippen LogP) is 3.62. The molecule has 3 nitrogen and oxygen atoms in total. The third kappa shape index (κ3) is 3.18. The van der Waals surface area contributed by atoms with Crippen molar-refractivity contribution in [2.45, 2.75) is 71.1 Å². The van der Waals surface area contributed by atoms with Gasteiger partial charge >= 0.3 is 0 Å². The molecule has 1 fully saturated rings. The first-order valence-electron chi connectivity index (χ1n) is 7.39. The van der Waals surface area contributed by atoms with Gasteiger partial charge in [-0.15, -0.1) is 11.3 Å². The van der Waals surface area contributed by atoms with Crippen molar-refractivity contribution >= 4 is 11.3 Å². The summed E-state index contributed by atoms with van der Waals surface area (Å²) in [7, 11) is 1.83. The van der Waals surface area contributed by atoms with Crippen molar-refractivity contribution in [3.05, 3.63) is 15.6 Å². The highest BCUT2D eigenvalue weighted by atomic mass is 32.1. The summed E-state index contributed by atoms with van der Waals surface area (Å²) in [6.45, 7) is 7.52. The summed E-state index contributed by atoms with van der Waals surface area (Å²) in [5, 5.41) is 4.71. The van der Waals surface area contributed by atoms with Crippen LogP contribution < -0.4 is 5.32 Å². The zero-order chi connectivity index (χ0) is 13.9. The average molecular weight is 282 g/mol. The Labute approximate surface area is 120 Å². The monoisotopic (exact) mass is 282 g/mol. The van der Waals surface area contributed by atoms with Crippen LogP contribution in [-0.2, 0) is 23.3 Å². The maximum Gasteiger partial charge on any atom is 0.125 e. The minimum absolute atomic E-state index is 0.0662. The van der Waals surface area contributed by atoms with E-state index >= 15 is 0 Å². The summed E-state index contributed by atoms with van der Waals surface area (Å²) in [4.78, 5) is 6.29. The summed E-state index contributed by atoms with van der Waals surface area (Å²) in [6, 6.07) is 0.514. The molecule has 0 amide bonds. The lowest BCUT2D eigenvalue weighted by atomic mass is 9.80. The van der Waals surface area contributed by atoms with Crippen molar-refractivity contribution in [2.24, 2.45) is 0 Å². The summed E-state index contributed by atoms with van der Waals surface area (Å²) in [5.74, 6) is 0. The maximum atomic E-state index is 5.76. The van der Waals surface area contributed by atoms with E-state index in [1.807, 2.05) is 18.4 Å². The Hall–Kier alpha value is -0.450. The molecule has 4 heteroatoms. The van der Waals surface area contributed by atoms with Gasteiger partial charge in [-0.2, -0.15) is 0 Å². The Morgan fingerprint density at radius 2 is 2.16 bits per heavy atom. The number of ether oxygens (including phenoxy) is 1. The largest absolute Gasteiger partial charge is 0.371 e. The third-order valence-electron chi connectivity index (χ3n) is 3.88. The minimum atomic E-state index is -0.0662. The van der Waals surface area contributed by atoms with Crippen LogP contribution in [0.25, 0.3) is 0 Å². The van der Waals surface area contributed by atoms with Crippen molar-refractivity contribution in [2.75, 3.05) is 7.11 Å². The van der Waals surface area contributed by atoms with Crippen molar-refractivity contribution < 1.29 is 4.74 Å². The average Bonchev–Trinajstić information content (AvgIpc) is 2.70. The Balaban J connectivity index is 2.19. The lowest BCUT2D eigenvalue weighted by Crippen LogP contribution is -2.35. The van der Waals surface area contributed by atoms with Gasteiger partial charge in [-0.1, -0.05) is 27.2 Å². The molecular formula is C15H26N2OS. The number of methoxy groups -OCH3 is 1. The zero-order valence-electron chi connectivity index (χ0n) is 12.6. The minimum Gasteiger partial charge on any atom is -0.371 e. The van der Waals surface area contributed by atoms with E-state index in [-0.39, 0.29) is 5.60 Å². The van der Waals surface area contributed by atoms with Crippen molar-refractivity contribution in [1.82, 2.24) is 10.3 Å². The van der Waals surface area contributed by atoms with Crippen LogP contribution in [0.4, 0.5) is 0 Å². The van der Waals surface area contributed by atoms with Crippen LogP contribution in [0.3, 0.4) is 0 Å². The van der Waals surface area contributed by atoms with Crippen molar-refractivity contribution in [3.8, 4) is 0 Å². The molecule has 19 heavy (non-hydrogen) atoms. The van der Waals surface area contributed by atoms with E-state index in [0.29, 0.717) is 6.04 Å². The number of nitrogens with one attached hydrogen (secondary N) is 1. The van der Waals surface area contributed by atoms with Gasteiger partial charge in [-0.05, 0) is 25.7 Å². The molecule has 1 heterocycles. The first-order valence-corrected chi connectivity index (χ1v) is 8.20. The summed E-state index contributed by atoms with van der Waals surface area (Å²) in [5.41, 5.74) is 1.21. The van der Waals surface area contributed by atoms with Gasteiger partial charge in [-0.25, -0.2) is 4.98 Å². The van der Waals surface area contributed by atoms with E-state index in [1.165, 1.54) is 22.0 Å². The van der Waals surface area contributed by atoms with Crippen LogP contribution >= 0.6 is 11.3 Å². The Bertz CT molecular complexity index is 405. The van der Waals surface area contributed by atoms with E-state index in [1.54, 1.807) is 0 Å². The van der Waals surface area contributed by atoms with Crippen LogP contribution in [0.5, 0.6) is 0 Å². The van der Waals surface area contributed by atoms with Crippen LogP contribution in [0, 0.1) is 0 Å². The molecular weight excluding hydrogens is 256 g/mol. The molecule has 0 saturated heterocycles. The van der Waals surface area contributed by atoms with Crippen molar-refractivity contribution in [1.29, 1.82) is 0 Å². The molecule has 0 bridgehead atoms. The molecule has 0 unspecified atom stereocenters. The zero-order valence-corrected chi connectivity index (χ0v) is 13.4. The number of thiazole rings is 1. The number of aryl methyl sites for hydroxylation is 1. The van der Waals surface area contributed by atoms with Gasteiger partial charge in [0, 0.05) is 24.6 Å². The molecule has 1 aliphatic rings. The van der Waals surface area contributed by atoms with Gasteiger partial charge in [0.15, 0.2) is 0 Å². The molecule has 1 saturated carbocycles. The Kier molecular flexibility index (Phi) is 4.98. The Morgan fingerprint density at radius 3 is 2.63 bits per heavy atom. The maximum absolute atomic E-state index is 5.76. The number of nitrogens with zero attached hydrogens (tertiary/aromatic N) is 1. The van der Waals surface area contributed by atoms with E-state index in [0.717, 1.165) is 32.2 Å². The first-order chi connectivity index (χ1) is 9.11. The summed E-state index contributed by atoms with van der Waals surface area (Å²) in [6.07, 6.45) is 5.73. The molecule has 0 aliphatic heterocycles. The van der Waals surface area contributed by atoms with Gasteiger partial charge in [0.25, 0.3) is 0 Å². The van der Waals surface area contributed by atoms with Crippen LogP contribution in [0.2, 0.25) is 0 Å². The van der Waals surface area contributed by atoms with Gasteiger partial charge in [0.2, 0.25) is 0 Å². The molecule has 1 aromatic heterocycles. The molecule has 0 atom stereocenters. The molecule has 1 aliphatic carbocycles. The second-order valence-corrected chi connectivity index (χ2v) is 6.81. The SMILES string of the molecule is CCCc1nc(C2(OC)CCC2)sc1CNC(C)C. The molecule has 0 aromatic carbocycles. The van der Waals surface area contributed by atoms with Crippen LogP contribution in [0.1, 0.15) is 62.0 Å². The predicted molar refractivity (Wildman–Crippen MR) is 80.6 cm³/mol. The topological polar surface area (TPSA) is 34.1 Å². The lowest BCUT2D eigenvalue weighted by molar-refractivity contribution is -0.0780. The highest BCUT2D eigenvalue weighted by Gasteiger charge is 2.42. The smallest absolute Gasteiger partial charge is 0.125 e. The number of rotatable bonds is 7. The molecule has 108 valence electrons. The standard InChI is InChI=1S/C15H26N2OS/c1-5-7-12-13(10-16-11(2)3)19-14(17-12)15(18-4)8-6-9-15/h11,16H,5-10H2,1-4H3. The van der Waals surface area contributed by atoms with E-state index < -0.39 is 0 Å². The van der Waals surface area contributed by atoms with Gasteiger partial charge in [-0.3, -0.25) is 0 Å². The fourth-order valence-corrected chi connectivity index (χ4v) is 3.73. The first kappa shape index (κ1) is 14.9. The van der Waals surface area contributed by atoms with E-state index in [2.05, 4.69) is 26.1 Å². The normalized spacial score (nSPS) is 17.7. The molecule has 1 aromatic rings. The van der Waals surface area contributed by atoms with Gasteiger partial charge in [0.05, 0.1) is 5.69 Å². The number of hydrogen-bond donors (Lipinski definition) is 1. The summed E-state index contributed by atoms with van der Waals surface area (Å²) >= 11 is 1.85. The Morgan fingerprint density at radius 1 is 1.42 bits per heavy atom. The molecule has 0 radical (unpaired) electrons. The highest BCUT2D eigenvalue weighted by Crippen LogP contribution is 2.46. The van der Waals surface area contributed by atoms with E-state index in [4.69, 9.17) is 9.72 Å². The van der Waals surface area contributed by atoms with Crippen molar-refractivity contribution in [3.63, 3.8) is 0 Å². The van der Waals surface area contributed by atoms with Gasteiger partial charge in [0.1, 0.15) is 10.6 Å². The quantitative estimate of drug-likeness (QED) is 0.829. The fraction of sp³-hybridized carbons (Fsp3) is 0.800. The summed E-state index contributed by atoms with van der Waals surface area (Å²) < 4.78 is 5.76. The fourth-order valence-electron chi connectivity index (χ4n) is 2.45. The van der Waals surface area contributed by atoms with Crippen LogP contribution in [0.15, 0.2) is 0 Å². The second kappa shape index (κ2) is 6.33. The third-order valence-corrected chi connectivity index (χ3v) is 5.16. The number of hydrogen-bond acceptors (Lipinski definition) is 4. The van der Waals surface area contributed by atoms with E-state index in [9.17, 15) is 0 Å². The molecule has 0 spiro atoms. The molecule has 2 rings (SSSR count). The second-order valence-electron chi connectivity index (χ2n) is 5.73. The highest BCUT2D eigenvalue weighted by molar-refractivity contribution is 7.11.